The van der Waals surface area contributed by atoms with Crippen LogP contribution in [0.1, 0.15) is 57.8 Å². The molecule has 3 rings (SSSR count). The number of amides is 5. The first kappa shape index (κ1) is 31.3. The van der Waals surface area contributed by atoms with Gasteiger partial charge in [-0.15, -0.1) is 11.8 Å². The van der Waals surface area contributed by atoms with Gasteiger partial charge in [0.15, 0.2) is 5.25 Å². The number of urea groups is 1. The molecule has 0 saturated carbocycles. The number of carboxylic acids is 2. The summed E-state index contributed by atoms with van der Waals surface area (Å²) in [5.41, 5.74) is 0. The molecule has 5 amide bonds. The zero-order valence-electron chi connectivity index (χ0n) is 20.4. The third-order valence-electron chi connectivity index (χ3n) is 6.24. The fourth-order valence-corrected chi connectivity index (χ4v) is 6.69. The molecule has 0 spiro atoms. The maximum atomic E-state index is 13.0. The molecular formula is C21H32N4O11S2. The van der Waals surface area contributed by atoms with E-state index in [0.29, 0.717) is 44.4 Å². The topological polar surface area (TPSA) is 245 Å². The van der Waals surface area contributed by atoms with Crippen molar-refractivity contribution in [3.05, 3.63) is 0 Å². The van der Waals surface area contributed by atoms with E-state index >= 15 is 0 Å². The second-order valence-electron chi connectivity index (χ2n) is 9.08. The monoisotopic (exact) mass is 580 g/mol. The first-order valence-corrected chi connectivity index (χ1v) is 14.5. The quantitative estimate of drug-likeness (QED) is 0.0613. The van der Waals surface area contributed by atoms with Crippen molar-refractivity contribution in [3.8, 4) is 0 Å². The molecule has 3 saturated heterocycles. The van der Waals surface area contributed by atoms with Gasteiger partial charge >= 0.3 is 18.0 Å². The Morgan fingerprint density at radius 1 is 0.974 bits per heavy atom. The Morgan fingerprint density at radius 2 is 1.61 bits per heavy atom. The number of aliphatic carboxylic acids is 2. The van der Waals surface area contributed by atoms with Gasteiger partial charge in [-0.3, -0.25) is 33.8 Å². The minimum absolute atomic E-state index is 0.0602. The van der Waals surface area contributed by atoms with E-state index in [9.17, 15) is 37.2 Å². The second-order valence-corrected chi connectivity index (χ2v) is 12.0. The summed E-state index contributed by atoms with van der Waals surface area (Å²) < 4.78 is 28.2. The zero-order chi connectivity index (χ0) is 28.5. The summed E-state index contributed by atoms with van der Waals surface area (Å²) in [6.07, 6.45) is 3.25. The summed E-state index contributed by atoms with van der Waals surface area (Å²) in [6.45, 7) is 0.453. The number of nitrogens with one attached hydrogen (secondary N) is 4. The molecule has 214 valence electrons. The number of unbranched alkanes of at least 4 members (excludes halogenated alkanes) is 3. The van der Waals surface area contributed by atoms with Crippen LogP contribution < -0.4 is 21.3 Å². The third-order valence-corrected chi connectivity index (χ3v) is 9.02. The Labute approximate surface area is 223 Å². The molecule has 0 radical (unpaired) electrons. The van der Waals surface area contributed by atoms with E-state index in [0.717, 1.165) is 6.42 Å². The van der Waals surface area contributed by atoms with Gasteiger partial charge in [-0.05, 0) is 25.7 Å². The number of fused-ring (bicyclic) bond motifs is 1. The predicted molar refractivity (Wildman–Crippen MR) is 133 cm³/mol. The average Bonchev–Trinajstić information content (AvgIpc) is 3.46. The highest BCUT2D eigenvalue weighted by molar-refractivity contribution is 8.01. The lowest BCUT2D eigenvalue weighted by molar-refractivity contribution is -0.138. The van der Waals surface area contributed by atoms with Crippen LogP contribution in [0.3, 0.4) is 0 Å². The molecule has 0 bridgehead atoms. The summed E-state index contributed by atoms with van der Waals surface area (Å²) in [5, 5.41) is 26.2. The van der Waals surface area contributed by atoms with Crippen LogP contribution in [0.5, 0.6) is 0 Å². The van der Waals surface area contributed by atoms with Crippen molar-refractivity contribution in [2.45, 2.75) is 79.9 Å². The molecule has 3 aliphatic heterocycles. The van der Waals surface area contributed by atoms with Crippen molar-refractivity contribution in [1.29, 1.82) is 0 Å². The van der Waals surface area contributed by atoms with Crippen LogP contribution in [-0.4, -0.2) is 93.3 Å². The fourth-order valence-electron chi connectivity index (χ4n) is 4.35. The van der Waals surface area contributed by atoms with E-state index in [4.69, 9.17) is 14.8 Å². The second kappa shape index (κ2) is 13.7. The maximum Gasteiger partial charge on any atom is 0.315 e. The van der Waals surface area contributed by atoms with Crippen molar-refractivity contribution in [2.24, 2.45) is 0 Å². The maximum absolute atomic E-state index is 13.0. The molecule has 0 aromatic rings. The summed E-state index contributed by atoms with van der Waals surface area (Å²) in [6, 6.07) is -0.697. The van der Waals surface area contributed by atoms with Crippen LogP contribution in [0.25, 0.3) is 0 Å². The van der Waals surface area contributed by atoms with Gasteiger partial charge in [-0.1, -0.05) is 12.8 Å². The fraction of sp³-hybridized carbons (Fsp3) is 0.714. The molecule has 15 nitrogen and oxygen atoms in total. The highest BCUT2D eigenvalue weighted by atomic mass is 32.2. The number of thioether (sulfide) groups is 1. The molecule has 3 aliphatic rings. The highest BCUT2D eigenvalue weighted by Crippen LogP contribution is 2.44. The summed E-state index contributed by atoms with van der Waals surface area (Å²) in [5.74, 6) is -2.83. The van der Waals surface area contributed by atoms with E-state index in [2.05, 4.69) is 16.0 Å². The molecule has 7 N–H and O–H groups in total. The third kappa shape index (κ3) is 8.83. The Bertz CT molecular complexity index is 1050. The normalized spacial score (nSPS) is 25.9. The first-order valence-electron chi connectivity index (χ1n) is 12.0. The number of carboxylic acid groups (broad SMARTS) is 2. The molecule has 0 aromatic heterocycles. The molecular weight excluding hydrogens is 548 g/mol. The Morgan fingerprint density at radius 3 is 2.13 bits per heavy atom. The van der Waals surface area contributed by atoms with Gasteiger partial charge in [0.25, 0.3) is 10.1 Å². The molecule has 4 atom stereocenters. The van der Waals surface area contributed by atoms with Gasteiger partial charge in [0.05, 0.1) is 18.5 Å². The van der Waals surface area contributed by atoms with E-state index in [1.165, 1.54) is 11.8 Å². The number of hydrogen-bond acceptors (Lipinski definition) is 9. The van der Waals surface area contributed by atoms with Crippen LogP contribution >= 0.6 is 11.8 Å². The van der Waals surface area contributed by atoms with Gasteiger partial charge in [0.2, 0.25) is 17.7 Å². The number of hydrogen-bond donors (Lipinski definition) is 7. The van der Waals surface area contributed by atoms with Crippen LogP contribution in [0.15, 0.2) is 0 Å². The van der Waals surface area contributed by atoms with Gasteiger partial charge in [0, 0.05) is 25.1 Å². The van der Waals surface area contributed by atoms with Crippen molar-refractivity contribution in [1.82, 2.24) is 21.3 Å². The van der Waals surface area contributed by atoms with Crippen LogP contribution in [0.4, 0.5) is 4.79 Å². The molecule has 17 heteroatoms. The number of imide groups is 1. The van der Waals surface area contributed by atoms with Crippen molar-refractivity contribution >= 4 is 57.6 Å². The van der Waals surface area contributed by atoms with Crippen LogP contribution in [0, 0.1) is 0 Å². The number of rotatable bonds is 13. The number of carbonyl (C=O) groups is 6. The van der Waals surface area contributed by atoms with Gasteiger partial charge < -0.3 is 26.2 Å². The highest BCUT2D eigenvalue weighted by Gasteiger charge is 2.57. The molecule has 3 fully saturated rings. The Hall–Kier alpha value is -2.92. The smallest absolute Gasteiger partial charge is 0.315 e. The molecule has 38 heavy (non-hydrogen) atoms. The minimum Gasteiger partial charge on any atom is -0.481 e. The minimum atomic E-state index is -4.42. The standard InChI is InChI=1S/C17H27N3O6S.C4H5NO5S/c21-12(22)6-2-1-5-9-18-15(25)17(8-4-3-7-13(23)24)14-11(10-27-17)19-16(26)20-14;6-3-1-2(4(7)5-3)11(8,9)10/h11,14H,1-10H2,(H,18,25)(H,21,22)(H,23,24)(H2,19,20,26);2H,1H2,(H,5,6,7)(H,8,9,10)/t11-,14-,17-;/m0./s1. The summed E-state index contributed by atoms with van der Waals surface area (Å²) in [4.78, 5) is 66.8. The average molecular weight is 581 g/mol. The van der Waals surface area contributed by atoms with Crippen LogP contribution in [0.2, 0.25) is 0 Å². The Kier molecular flexibility index (Phi) is 11.3. The Balaban J connectivity index is 0.000000384. The first-order chi connectivity index (χ1) is 17.8. The van der Waals surface area contributed by atoms with Gasteiger partial charge in [-0.25, -0.2) is 4.79 Å². The number of carbonyl (C=O) groups excluding carboxylic acids is 4. The van der Waals surface area contributed by atoms with Crippen molar-refractivity contribution in [3.63, 3.8) is 0 Å². The lowest BCUT2D eigenvalue weighted by Crippen LogP contribution is -2.56. The molecule has 0 aromatic carbocycles. The van der Waals surface area contributed by atoms with Crippen molar-refractivity contribution < 1.29 is 52.0 Å². The van der Waals surface area contributed by atoms with Gasteiger partial charge in [-0.2, -0.15) is 8.42 Å². The van der Waals surface area contributed by atoms with E-state index < -0.39 is 50.3 Å². The predicted octanol–water partition coefficient (Wildman–Crippen LogP) is -0.782. The SMILES string of the molecule is O=C(O)CCCCCNC(=O)[C@@]1(CCCCC(=O)O)SC[C@@H]2NC(=O)N[C@@H]21.O=C1CC(S(=O)(=O)O)C(=O)N1. The summed E-state index contributed by atoms with van der Waals surface area (Å²) in [7, 11) is -4.42. The van der Waals surface area contributed by atoms with E-state index in [1.807, 2.05) is 0 Å². The van der Waals surface area contributed by atoms with E-state index in [1.54, 1.807) is 5.32 Å². The zero-order valence-corrected chi connectivity index (χ0v) is 22.1. The van der Waals surface area contributed by atoms with Crippen LogP contribution in [-0.2, 0) is 34.1 Å². The van der Waals surface area contributed by atoms with Crippen molar-refractivity contribution in [2.75, 3.05) is 12.3 Å². The summed E-state index contributed by atoms with van der Waals surface area (Å²) >= 11 is 1.51. The lowest BCUT2D eigenvalue weighted by Gasteiger charge is -2.32. The lowest BCUT2D eigenvalue weighted by atomic mass is 9.88. The molecule has 1 unspecified atom stereocenters. The molecule has 3 heterocycles. The van der Waals surface area contributed by atoms with E-state index in [-0.39, 0.29) is 36.9 Å². The van der Waals surface area contributed by atoms with Gasteiger partial charge in [0.1, 0.15) is 4.75 Å². The molecule has 0 aliphatic carbocycles. The largest absolute Gasteiger partial charge is 0.481 e.